The SMILES string of the molecule is CCCCCCC12CCC(C3CCC(C#N)(CCC)CC3)(CC1)CC2. The van der Waals surface area contributed by atoms with Gasteiger partial charge in [-0.25, -0.2) is 0 Å². The molecule has 0 atom stereocenters. The zero-order chi connectivity index (χ0) is 17.8. The van der Waals surface area contributed by atoms with Gasteiger partial charge in [-0.05, 0) is 93.8 Å². The molecule has 0 aromatic heterocycles. The molecule has 4 saturated carbocycles. The monoisotopic (exact) mass is 343 g/mol. The van der Waals surface area contributed by atoms with Gasteiger partial charge in [-0.2, -0.15) is 5.26 Å². The topological polar surface area (TPSA) is 23.8 Å². The zero-order valence-corrected chi connectivity index (χ0v) is 17.0. The second-order valence-electron chi connectivity index (χ2n) is 10.1. The molecule has 0 aromatic rings. The summed E-state index contributed by atoms with van der Waals surface area (Å²) >= 11 is 0. The first kappa shape index (κ1) is 19.3. The van der Waals surface area contributed by atoms with Crippen LogP contribution in [-0.4, -0.2) is 0 Å². The molecule has 0 spiro atoms. The van der Waals surface area contributed by atoms with E-state index in [1.165, 1.54) is 103 Å². The third-order valence-electron chi connectivity index (χ3n) is 8.79. The minimum Gasteiger partial charge on any atom is -0.198 e. The molecule has 25 heavy (non-hydrogen) atoms. The van der Waals surface area contributed by atoms with Crippen molar-refractivity contribution in [1.82, 2.24) is 0 Å². The van der Waals surface area contributed by atoms with E-state index in [2.05, 4.69) is 19.9 Å². The van der Waals surface area contributed by atoms with E-state index in [0.29, 0.717) is 5.41 Å². The van der Waals surface area contributed by atoms with Gasteiger partial charge in [0.2, 0.25) is 0 Å². The fourth-order valence-corrected chi connectivity index (χ4v) is 6.89. The van der Waals surface area contributed by atoms with Crippen LogP contribution < -0.4 is 0 Å². The molecule has 4 aliphatic carbocycles. The van der Waals surface area contributed by atoms with Gasteiger partial charge in [-0.15, -0.1) is 0 Å². The maximum Gasteiger partial charge on any atom is 0.0689 e. The molecule has 0 aliphatic heterocycles. The van der Waals surface area contributed by atoms with Crippen LogP contribution in [0.5, 0.6) is 0 Å². The number of hydrogen-bond acceptors (Lipinski definition) is 1. The highest BCUT2D eigenvalue weighted by molar-refractivity contribution is 5.07. The van der Waals surface area contributed by atoms with Gasteiger partial charge in [-0.3, -0.25) is 0 Å². The average Bonchev–Trinajstić information content (AvgIpc) is 2.67. The predicted octanol–water partition coefficient (Wildman–Crippen LogP) is 7.80. The van der Waals surface area contributed by atoms with Crippen molar-refractivity contribution in [3.8, 4) is 6.07 Å². The number of fused-ring (bicyclic) bond motifs is 3. The molecule has 1 nitrogen and oxygen atoms in total. The summed E-state index contributed by atoms with van der Waals surface area (Å²) in [4.78, 5) is 0. The van der Waals surface area contributed by atoms with Crippen molar-refractivity contribution in [2.75, 3.05) is 0 Å². The van der Waals surface area contributed by atoms with Gasteiger partial charge in [0.15, 0.2) is 0 Å². The molecule has 0 saturated heterocycles. The normalized spacial score (nSPS) is 40.8. The highest BCUT2D eigenvalue weighted by atomic mass is 14.6. The van der Waals surface area contributed by atoms with E-state index in [4.69, 9.17) is 0 Å². The molecular weight excluding hydrogens is 302 g/mol. The number of nitrogens with zero attached hydrogens (tertiary/aromatic N) is 1. The molecule has 0 unspecified atom stereocenters. The van der Waals surface area contributed by atoms with Crippen molar-refractivity contribution in [2.45, 2.75) is 123 Å². The quantitative estimate of drug-likeness (QED) is 0.412. The summed E-state index contributed by atoms with van der Waals surface area (Å²) in [5.41, 5.74) is 1.45. The third kappa shape index (κ3) is 3.94. The van der Waals surface area contributed by atoms with Gasteiger partial charge >= 0.3 is 0 Å². The number of rotatable bonds is 8. The molecule has 1 heteroatoms. The molecule has 0 aromatic carbocycles. The lowest BCUT2D eigenvalue weighted by atomic mass is 9.47. The van der Waals surface area contributed by atoms with Crippen molar-refractivity contribution < 1.29 is 0 Å². The number of hydrogen-bond donors (Lipinski definition) is 0. The first-order valence-electron chi connectivity index (χ1n) is 11.5. The molecule has 4 fully saturated rings. The molecule has 142 valence electrons. The van der Waals surface area contributed by atoms with Crippen LogP contribution in [0.25, 0.3) is 0 Å². The van der Waals surface area contributed by atoms with Gasteiger partial charge in [0.1, 0.15) is 0 Å². The summed E-state index contributed by atoms with van der Waals surface area (Å²) in [5, 5.41) is 9.70. The van der Waals surface area contributed by atoms with Crippen LogP contribution >= 0.6 is 0 Å². The zero-order valence-electron chi connectivity index (χ0n) is 17.0. The molecule has 0 amide bonds. The van der Waals surface area contributed by atoms with Crippen LogP contribution in [-0.2, 0) is 0 Å². The van der Waals surface area contributed by atoms with E-state index in [1.807, 2.05) is 0 Å². The van der Waals surface area contributed by atoms with Crippen molar-refractivity contribution >= 4 is 0 Å². The first-order valence-corrected chi connectivity index (χ1v) is 11.5. The van der Waals surface area contributed by atoms with Crippen LogP contribution in [0.2, 0.25) is 0 Å². The van der Waals surface area contributed by atoms with E-state index in [0.717, 1.165) is 17.8 Å². The Bertz CT molecular complexity index is 438. The Morgan fingerprint density at radius 1 is 0.760 bits per heavy atom. The maximum absolute atomic E-state index is 9.70. The van der Waals surface area contributed by atoms with Crippen molar-refractivity contribution in [1.29, 1.82) is 5.26 Å². The van der Waals surface area contributed by atoms with Crippen molar-refractivity contribution in [3.63, 3.8) is 0 Å². The highest BCUT2D eigenvalue weighted by Crippen LogP contribution is 2.64. The molecule has 0 N–H and O–H groups in total. The number of unbranched alkanes of at least 4 members (excludes halogenated alkanes) is 3. The van der Waals surface area contributed by atoms with E-state index in [1.54, 1.807) is 0 Å². The first-order chi connectivity index (χ1) is 12.1. The van der Waals surface area contributed by atoms with Gasteiger partial charge in [0.05, 0.1) is 11.5 Å². The average molecular weight is 344 g/mol. The Balaban J connectivity index is 1.52. The van der Waals surface area contributed by atoms with Gasteiger partial charge < -0.3 is 0 Å². The maximum atomic E-state index is 9.70. The Morgan fingerprint density at radius 3 is 1.92 bits per heavy atom. The molecule has 2 bridgehead atoms. The summed E-state index contributed by atoms with van der Waals surface area (Å²) in [7, 11) is 0. The fourth-order valence-electron chi connectivity index (χ4n) is 6.89. The van der Waals surface area contributed by atoms with Gasteiger partial charge in [0.25, 0.3) is 0 Å². The molecule has 0 radical (unpaired) electrons. The van der Waals surface area contributed by atoms with Crippen molar-refractivity contribution in [2.24, 2.45) is 22.2 Å². The summed E-state index contributed by atoms with van der Waals surface area (Å²) in [6.07, 6.45) is 23.7. The van der Waals surface area contributed by atoms with Gasteiger partial charge in [-0.1, -0.05) is 46.0 Å². The van der Waals surface area contributed by atoms with E-state index in [-0.39, 0.29) is 5.41 Å². The molecular formula is C24H41N. The Morgan fingerprint density at radius 2 is 1.40 bits per heavy atom. The summed E-state index contributed by atoms with van der Waals surface area (Å²) in [6.45, 7) is 4.56. The smallest absolute Gasteiger partial charge is 0.0689 e. The Labute approximate surface area is 157 Å². The molecule has 4 rings (SSSR count). The fraction of sp³-hybridized carbons (Fsp3) is 0.958. The van der Waals surface area contributed by atoms with E-state index < -0.39 is 0 Å². The van der Waals surface area contributed by atoms with Crippen LogP contribution in [0, 0.1) is 33.5 Å². The minimum absolute atomic E-state index is 0.0360. The predicted molar refractivity (Wildman–Crippen MR) is 106 cm³/mol. The second-order valence-corrected chi connectivity index (χ2v) is 10.1. The largest absolute Gasteiger partial charge is 0.198 e. The standard InChI is InChI=1S/C24H41N/c1-3-5-6-7-11-22-14-17-24(18-15-22,19-16-22)21-8-12-23(20-25,10-4-2)13-9-21/h21H,3-19H2,1-2H3. The number of nitriles is 1. The summed E-state index contributed by atoms with van der Waals surface area (Å²) in [6, 6.07) is 2.72. The highest BCUT2D eigenvalue weighted by Gasteiger charge is 2.52. The van der Waals surface area contributed by atoms with Gasteiger partial charge in [0, 0.05) is 0 Å². The lowest BCUT2D eigenvalue weighted by molar-refractivity contribution is -0.0689. The Hall–Kier alpha value is -0.510. The third-order valence-corrected chi connectivity index (χ3v) is 8.79. The summed E-state index contributed by atoms with van der Waals surface area (Å²) in [5.74, 6) is 0.934. The van der Waals surface area contributed by atoms with Crippen LogP contribution in [0.1, 0.15) is 123 Å². The second kappa shape index (κ2) is 8.02. The van der Waals surface area contributed by atoms with Crippen LogP contribution in [0.3, 0.4) is 0 Å². The van der Waals surface area contributed by atoms with Crippen LogP contribution in [0.4, 0.5) is 0 Å². The Kier molecular flexibility index (Phi) is 6.18. The molecule has 4 aliphatic rings. The summed E-state index contributed by atoms with van der Waals surface area (Å²) < 4.78 is 0. The van der Waals surface area contributed by atoms with E-state index >= 15 is 0 Å². The lowest BCUT2D eigenvalue weighted by Crippen LogP contribution is -2.47. The van der Waals surface area contributed by atoms with Crippen LogP contribution in [0.15, 0.2) is 0 Å². The minimum atomic E-state index is 0.0360. The van der Waals surface area contributed by atoms with E-state index in [9.17, 15) is 5.26 Å². The molecule has 0 heterocycles. The van der Waals surface area contributed by atoms with Crippen molar-refractivity contribution in [3.05, 3.63) is 0 Å². The lowest BCUT2D eigenvalue weighted by Gasteiger charge is -2.58.